The lowest BCUT2D eigenvalue weighted by atomic mass is 10.1. The lowest BCUT2D eigenvalue weighted by molar-refractivity contribution is -0.125. The van der Waals surface area contributed by atoms with Gasteiger partial charge >= 0.3 is 6.09 Å². The Hall–Kier alpha value is -3.68. The zero-order valence-corrected chi connectivity index (χ0v) is 14.9. The van der Waals surface area contributed by atoms with Crippen molar-refractivity contribution in [3.8, 4) is 17.2 Å². The van der Waals surface area contributed by atoms with Gasteiger partial charge in [-0.25, -0.2) is 4.79 Å². The van der Waals surface area contributed by atoms with E-state index in [4.69, 9.17) is 19.9 Å². The van der Waals surface area contributed by atoms with Crippen LogP contribution in [0.1, 0.15) is 12.0 Å². The van der Waals surface area contributed by atoms with Crippen molar-refractivity contribution in [1.29, 1.82) is 0 Å². The van der Waals surface area contributed by atoms with Gasteiger partial charge in [0.05, 0.1) is 13.5 Å². The molecule has 140 valence electrons. The summed E-state index contributed by atoms with van der Waals surface area (Å²) in [5.41, 5.74) is 8.98. The Balaban J connectivity index is 2.11. The molecule has 2 amide bonds. The molecule has 0 atom stereocenters. The monoisotopic (exact) mass is 369 g/mol. The number of amides is 2. The van der Waals surface area contributed by atoms with Crippen molar-refractivity contribution < 1.29 is 23.8 Å². The Bertz CT molecular complexity index is 895. The van der Waals surface area contributed by atoms with Crippen molar-refractivity contribution in [1.82, 2.24) is 10.4 Å². The molecule has 27 heavy (non-hydrogen) atoms. The first-order valence-corrected chi connectivity index (χ1v) is 8.13. The molecule has 1 aliphatic rings. The van der Waals surface area contributed by atoms with Crippen LogP contribution >= 0.6 is 0 Å². The SMILES string of the molecule is COC1=C(c2cc(OC(N)=O)ccc2Oc2ccccc2)N(C)NC(=O)C1. The minimum Gasteiger partial charge on any atom is -0.498 e. The van der Waals surface area contributed by atoms with E-state index in [1.54, 1.807) is 25.2 Å². The summed E-state index contributed by atoms with van der Waals surface area (Å²) in [6.07, 6.45) is -0.856. The van der Waals surface area contributed by atoms with Crippen molar-refractivity contribution in [3.63, 3.8) is 0 Å². The third kappa shape index (κ3) is 4.12. The molecule has 1 heterocycles. The van der Waals surface area contributed by atoms with Crippen LogP contribution in [0, 0.1) is 0 Å². The molecule has 1 aliphatic heterocycles. The Morgan fingerprint density at radius 3 is 2.56 bits per heavy atom. The number of hydrogen-bond acceptors (Lipinski definition) is 6. The first-order valence-electron chi connectivity index (χ1n) is 8.13. The Morgan fingerprint density at radius 1 is 1.15 bits per heavy atom. The van der Waals surface area contributed by atoms with E-state index in [-0.39, 0.29) is 18.1 Å². The van der Waals surface area contributed by atoms with Gasteiger partial charge in [-0.15, -0.1) is 0 Å². The zero-order valence-electron chi connectivity index (χ0n) is 14.9. The van der Waals surface area contributed by atoms with Gasteiger partial charge in [0.15, 0.2) is 0 Å². The molecule has 0 bridgehead atoms. The normalized spacial score (nSPS) is 13.9. The second-order valence-corrected chi connectivity index (χ2v) is 5.74. The van der Waals surface area contributed by atoms with Crippen LogP contribution in [0.5, 0.6) is 17.2 Å². The highest BCUT2D eigenvalue weighted by molar-refractivity contribution is 5.86. The van der Waals surface area contributed by atoms with E-state index in [1.165, 1.54) is 12.1 Å². The highest BCUT2D eigenvalue weighted by Crippen LogP contribution is 2.37. The number of rotatable bonds is 5. The van der Waals surface area contributed by atoms with Crippen LogP contribution in [0.4, 0.5) is 4.79 Å². The molecule has 0 spiro atoms. The molecule has 0 aromatic heterocycles. The van der Waals surface area contributed by atoms with Gasteiger partial charge in [-0.3, -0.25) is 15.2 Å². The van der Waals surface area contributed by atoms with Gasteiger partial charge < -0.3 is 19.9 Å². The topological polar surface area (TPSA) is 103 Å². The van der Waals surface area contributed by atoms with E-state index >= 15 is 0 Å². The Morgan fingerprint density at radius 2 is 1.89 bits per heavy atom. The molecule has 2 aromatic rings. The summed E-state index contributed by atoms with van der Waals surface area (Å²) in [5, 5.41) is 1.53. The fourth-order valence-electron chi connectivity index (χ4n) is 2.78. The smallest absolute Gasteiger partial charge is 0.409 e. The maximum Gasteiger partial charge on any atom is 0.409 e. The first-order chi connectivity index (χ1) is 13.0. The number of primary amides is 1. The number of nitrogens with one attached hydrogen (secondary N) is 1. The fraction of sp³-hybridized carbons (Fsp3) is 0.158. The second-order valence-electron chi connectivity index (χ2n) is 5.74. The third-order valence-corrected chi connectivity index (χ3v) is 3.86. The van der Waals surface area contributed by atoms with Crippen LogP contribution < -0.4 is 20.6 Å². The molecule has 0 unspecified atom stereocenters. The predicted molar refractivity (Wildman–Crippen MR) is 97.6 cm³/mol. The molecule has 3 rings (SSSR count). The second kappa shape index (κ2) is 7.69. The highest BCUT2D eigenvalue weighted by Gasteiger charge is 2.27. The molecule has 8 nitrogen and oxygen atoms in total. The average molecular weight is 369 g/mol. The summed E-state index contributed by atoms with van der Waals surface area (Å²) >= 11 is 0. The summed E-state index contributed by atoms with van der Waals surface area (Å²) in [6, 6.07) is 14.1. The van der Waals surface area contributed by atoms with Gasteiger partial charge in [0.1, 0.15) is 28.7 Å². The number of para-hydroxylation sites is 1. The fourth-order valence-corrected chi connectivity index (χ4v) is 2.78. The minimum atomic E-state index is -0.927. The van der Waals surface area contributed by atoms with Crippen molar-refractivity contribution in [2.75, 3.05) is 14.2 Å². The number of carbonyl (C=O) groups is 2. The average Bonchev–Trinajstić information content (AvgIpc) is 2.63. The van der Waals surface area contributed by atoms with Crippen molar-refractivity contribution in [3.05, 3.63) is 59.9 Å². The van der Waals surface area contributed by atoms with Crippen LogP contribution in [0.25, 0.3) is 5.70 Å². The number of methoxy groups -OCH3 is 1. The molecule has 8 heteroatoms. The number of benzene rings is 2. The Labute approximate surface area is 156 Å². The first kappa shape index (κ1) is 18.1. The van der Waals surface area contributed by atoms with E-state index in [9.17, 15) is 9.59 Å². The van der Waals surface area contributed by atoms with Crippen LogP contribution in [0.3, 0.4) is 0 Å². The van der Waals surface area contributed by atoms with Crippen LogP contribution in [0.15, 0.2) is 54.3 Å². The number of carbonyl (C=O) groups excluding carboxylic acids is 2. The summed E-state index contributed by atoms with van der Waals surface area (Å²) in [7, 11) is 3.17. The molecule has 3 N–H and O–H groups in total. The Kier molecular flexibility index (Phi) is 5.16. The molecule has 0 saturated carbocycles. The minimum absolute atomic E-state index is 0.0713. The molecule has 0 aliphatic carbocycles. The van der Waals surface area contributed by atoms with Crippen LogP contribution in [0.2, 0.25) is 0 Å². The molecule has 0 fully saturated rings. The zero-order chi connectivity index (χ0) is 19.4. The van der Waals surface area contributed by atoms with Crippen LogP contribution in [-0.2, 0) is 9.53 Å². The van der Waals surface area contributed by atoms with E-state index in [0.717, 1.165) is 0 Å². The van der Waals surface area contributed by atoms with Gasteiger partial charge in [0, 0.05) is 12.6 Å². The van der Waals surface area contributed by atoms with Crippen molar-refractivity contribution in [2.45, 2.75) is 6.42 Å². The maximum atomic E-state index is 11.8. The predicted octanol–water partition coefficient (Wildman–Crippen LogP) is 2.62. The van der Waals surface area contributed by atoms with Gasteiger partial charge in [0.2, 0.25) is 5.91 Å². The van der Waals surface area contributed by atoms with Gasteiger partial charge in [-0.1, -0.05) is 18.2 Å². The van der Waals surface area contributed by atoms with Crippen LogP contribution in [-0.4, -0.2) is 31.2 Å². The quantitative estimate of drug-likeness (QED) is 0.840. The van der Waals surface area contributed by atoms with Gasteiger partial charge in [-0.05, 0) is 30.3 Å². The molecule has 2 aromatic carbocycles. The van der Waals surface area contributed by atoms with E-state index in [1.807, 2.05) is 30.3 Å². The lowest BCUT2D eigenvalue weighted by Crippen LogP contribution is -2.42. The number of nitrogens with two attached hydrogens (primary N) is 1. The summed E-state index contributed by atoms with van der Waals surface area (Å²) in [5.74, 6) is 1.62. The summed E-state index contributed by atoms with van der Waals surface area (Å²) < 4.78 is 16.4. The van der Waals surface area contributed by atoms with Gasteiger partial charge in [-0.2, -0.15) is 0 Å². The van der Waals surface area contributed by atoms with Crippen molar-refractivity contribution >= 4 is 17.7 Å². The lowest BCUT2D eigenvalue weighted by Gasteiger charge is -2.31. The van der Waals surface area contributed by atoms with E-state index in [0.29, 0.717) is 28.5 Å². The number of hydrogen-bond donors (Lipinski definition) is 2. The van der Waals surface area contributed by atoms with E-state index < -0.39 is 6.09 Å². The molecular weight excluding hydrogens is 350 g/mol. The van der Waals surface area contributed by atoms with Crippen molar-refractivity contribution in [2.24, 2.45) is 5.73 Å². The summed E-state index contributed by atoms with van der Waals surface area (Å²) in [6.45, 7) is 0. The third-order valence-electron chi connectivity index (χ3n) is 3.86. The number of nitrogens with zero attached hydrogens (tertiary/aromatic N) is 1. The maximum absolute atomic E-state index is 11.8. The number of hydrazine groups is 1. The van der Waals surface area contributed by atoms with E-state index in [2.05, 4.69) is 5.43 Å². The number of ether oxygens (including phenoxy) is 3. The molecule has 0 saturated heterocycles. The standard InChI is InChI=1S/C19H19N3O5/c1-22-18(16(25-2)11-17(23)21-22)14-10-13(27-19(20)24)8-9-15(14)26-12-6-4-3-5-7-12/h3-10H,11H2,1-2H3,(H2,20,24)(H,21,23). The largest absolute Gasteiger partial charge is 0.498 e. The van der Waals surface area contributed by atoms with Gasteiger partial charge in [0.25, 0.3) is 0 Å². The molecular formula is C19H19N3O5. The highest BCUT2D eigenvalue weighted by atomic mass is 16.5. The summed E-state index contributed by atoms with van der Waals surface area (Å²) in [4.78, 5) is 22.9. The molecule has 0 radical (unpaired) electrons.